The Balaban J connectivity index is 1.99. The lowest BCUT2D eigenvalue weighted by atomic mass is 9.81. The van der Waals surface area contributed by atoms with Crippen LogP contribution in [-0.2, 0) is 11.2 Å². The highest BCUT2D eigenvalue weighted by Gasteiger charge is 2.36. The van der Waals surface area contributed by atoms with E-state index in [1.807, 2.05) is 6.26 Å². The lowest BCUT2D eigenvalue weighted by Crippen LogP contribution is -2.45. The molecule has 0 spiro atoms. The predicted octanol–water partition coefficient (Wildman–Crippen LogP) is 2.62. The lowest BCUT2D eigenvalue weighted by Gasteiger charge is -2.32. The molecule has 1 atom stereocenters. The van der Waals surface area contributed by atoms with Gasteiger partial charge < -0.3 is 14.5 Å². The highest BCUT2D eigenvalue weighted by atomic mass is 16.5. The van der Waals surface area contributed by atoms with E-state index in [1.165, 1.54) is 5.56 Å². The van der Waals surface area contributed by atoms with Crippen molar-refractivity contribution >= 4 is 0 Å². The van der Waals surface area contributed by atoms with Gasteiger partial charge >= 0.3 is 0 Å². The fraction of sp³-hybridized carbons (Fsp3) is 0.714. The van der Waals surface area contributed by atoms with Crippen molar-refractivity contribution in [2.45, 2.75) is 39.2 Å². The molecule has 1 aromatic rings. The van der Waals surface area contributed by atoms with Crippen molar-refractivity contribution in [1.82, 2.24) is 5.32 Å². The molecule has 3 nitrogen and oxygen atoms in total. The first kappa shape index (κ1) is 12.7. The summed E-state index contributed by atoms with van der Waals surface area (Å²) in [7, 11) is 0. The van der Waals surface area contributed by atoms with Gasteiger partial charge in [0.05, 0.1) is 19.1 Å². The maximum atomic E-state index is 5.60. The largest absolute Gasteiger partial charge is 0.472 e. The van der Waals surface area contributed by atoms with E-state index in [4.69, 9.17) is 9.15 Å². The Morgan fingerprint density at radius 3 is 2.76 bits per heavy atom. The van der Waals surface area contributed by atoms with Crippen molar-refractivity contribution < 1.29 is 9.15 Å². The third-order valence-electron chi connectivity index (χ3n) is 3.34. The van der Waals surface area contributed by atoms with Crippen LogP contribution in [-0.4, -0.2) is 25.3 Å². The van der Waals surface area contributed by atoms with Gasteiger partial charge in [-0.05, 0) is 45.2 Å². The first-order valence-corrected chi connectivity index (χ1v) is 6.33. The highest BCUT2D eigenvalue weighted by molar-refractivity contribution is 5.10. The van der Waals surface area contributed by atoms with Crippen molar-refractivity contribution in [2.24, 2.45) is 5.41 Å². The van der Waals surface area contributed by atoms with Gasteiger partial charge in [0.2, 0.25) is 0 Å². The zero-order valence-electron chi connectivity index (χ0n) is 11.1. The minimum Gasteiger partial charge on any atom is -0.472 e. The summed E-state index contributed by atoms with van der Waals surface area (Å²) in [5.74, 6) is 0. The SMILES string of the molecule is CC(C)(C)NCC1(Cc2ccoc2)CCOC1. The van der Waals surface area contributed by atoms with E-state index in [-0.39, 0.29) is 11.0 Å². The first-order valence-electron chi connectivity index (χ1n) is 6.33. The third-order valence-corrected chi connectivity index (χ3v) is 3.34. The molecule has 1 aliphatic rings. The molecule has 1 aliphatic heterocycles. The average molecular weight is 237 g/mol. The van der Waals surface area contributed by atoms with Gasteiger partial charge in [-0.2, -0.15) is 0 Å². The first-order chi connectivity index (χ1) is 7.99. The van der Waals surface area contributed by atoms with E-state index in [0.29, 0.717) is 0 Å². The van der Waals surface area contributed by atoms with Gasteiger partial charge in [0, 0.05) is 24.1 Å². The average Bonchev–Trinajstić information content (AvgIpc) is 2.87. The molecule has 0 aromatic carbocycles. The predicted molar refractivity (Wildman–Crippen MR) is 68.0 cm³/mol. The van der Waals surface area contributed by atoms with E-state index in [2.05, 4.69) is 32.2 Å². The molecule has 0 saturated carbocycles. The van der Waals surface area contributed by atoms with Crippen LogP contribution in [0.3, 0.4) is 0 Å². The lowest BCUT2D eigenvalue weighted by molar-refractivity contribution is 0.144. The van der Waals surface area contributed by atoms with Gasteiger partial charge in [-0.1, -0.05) is 0 Å². The van der Waals surface area contributed by atoms with Gasteiger partial charge in [0.15, 0.2) is 0 Å². The Kier molecular flexibility index (Phi) is 3.59. The van der Waals surface area contributed by atoms with Crippen LogP contribution in [0.5, 0.6) is 0 Å². The molecule has 2 rings (SSSR count). The van der Waals surface area contributed by atoms with Crippen molar-refractivity contribution in [2.75, 3.05) is 19.8 Å². The number of nitrogens with one attached hydrogen (secondary N) is 1. The Hall–Kier alpha value is -0.800. The number of hydrogen-bond donors (Lipinski definition) is 1. The number of rotatable bonds is 4. The van der Waals surface area contributed by atoms with Gasteiger partial charge in [0.25, 0.3) is 0 Å². The molecule has 1 aromatic heterocycles. The van der Waals surface area contributed by atoms with E-state index >= 15 is 0 Å². The monoisotopic (exact) mass is 237 g/mol. The molecule has 1 fully saturated rings. The minimum atomic E-state index is 0.159. The van der Waals surface area contributed by atoms with Gasteiger partial charge in [0.1, 0.15) is 0 Å². The Labute approximate surface area is 104 Å². The van der Waals surface area contributed by atoms with Crippen LogP contribution in [0.15, 0.2) is 23.0 Å². The molecule has 0 aliphatic carbocycles. The fourth-order valence-corrected chi connectivity index (χ4v) is 2.27. The summed E-state index contributed by atoms with van der Waals surface area (Å²) in [5, 5.41) is 3.61. The summed E-state index contributed by atoms with van der Waals surface area (Å²) in [4.78, 5) is 0. The molecule has 0 amide bonds. The summed E-state index contributed by atoms with van der Waals surface area (Å²) in [6.07, 6.45) is 5.75. The summed E-state index contributed by atoms with van der Waals surface area (Å²) in [5.41, 5.74) is 1.66. The van der Waals surface area contributed by atoms with Crippen molar-refractivity contribution in [3.05, 3.63) is 24.2 Å². The fourth-order valence-electron chi connectivity index (χ4n) is 2.27. The number of ether oxygens (including phenoxy) is 1. The Bertz CT molecular complexity index is 332. The molecule has 1 N–H and O–H groups in total. The second kappa shape index (κ2) is 4.83. The topological polar surface area (TPSA) is 34.4 Å². The quantitative estimate of drug-likeness (QED) is 0.874. The van der Waals surface area contributed by atoms with Crippen LogP contribution < -0.4 is 5.32 Å². The molecular formula is C14H23NO2. The van der Waals surface area contributed by atoms with Crippen LogP contribution in [0.1, 0.15) is 32.8 Å². The van der Waals surface area contributed by atoms with Gasteiger partial charge in [-0.3, -0.25) is 0 Å². The van der Waals surface area contributed by atoms with Crippen molar-refractivity contribution in [1.29, 1.82) is 0 Å². The molecule has 2 heterocycles. The molecule has 1 unspecified atom stereocenters. The van der Waals surface area contributed by atoms with Crippen LogP contribution in [0.4, 0.5) is 0 Å². The third kappa shape index (κ3) is 3.58. The van der Waals surface area contributed by atoms with Crippen LogP contribution in [0, 0.1) is 5.41 Å². The van der Waals surface area contributed by atoms with E-state index < -0.39 is 0 Å². The normalized spacial score (nSPS) is 25.4. The summed E-state index contributed by atoms with van der Waals surface area (Å²) in [6, 6.07) is 2.05. The zero-order chi connectivity index (χ0) is 12.4. The molecule has 1 saturated heterocycles. The maximum absolute atomic E-state index is 5.60. The Morgan fingerprint density at radius 2 is 2.24 bits per heavy atom. The molecule has 0 radical (unpaired) electrons. The zero-order valence-corrected chi connectivity index (χ0v) is 11.1. The highest BCUT2D eigenvalue weighted by Crippen LogP contribution is 2.32. The van der Waals surface area contributed by atoms with Gasteiger partial charge in [-0.25, -0.2) is 0 Å². The molecule has 96 valence electrons. The minimum absolute atomic E-state index is 0.159. The summed E-state index contributed by atoms with van der Waals surface area (Å²) < 4.78 is 10.8. The van der Waals surface area contributed by atoms with E-state index in [0.717, 1.165) is 32.6 Å². The van der Waals surface area contributed by atoms with Gasteiger partial charge in [-0.15, -0.1) is 0 Å². The molecular weight excluding hydrogens is 214 g/mol. The number of furan rings is 1. The van der Waals surface area contributed by atoms with E-state index in [1.54, 1.807) is 6.26 Å². The second-order valence-electron chi connectivity index (χ2n) is 6.21. The molecule has 3 heteroatoms. The molecule has 0 bridgehead atoms. The number of hydrogen-bond acceptors (Lipinski definition) is 3. The van der Waals surface area contributed by atoms with Crippen LogP contribution >= 0.6 is 0 Å². The standard InChI is InChI=1S/C14H23NO2/c1-13(2,3)15-10-14(5-7-17-11-14)8-12-4-6-16-9-12/h4,6,9,15H,5,7-8,10-11H2,1-3H3. The van der Waals surface area contributed by atoms with Crippen molar-refractivity contribution in [3.63, 3.8) is 0 Å². The van der Waals surface area contributed by atoms with Crippen LogP contribution in [0.2, 0.25) is 0 Å². The van der Waals surface area contributed by atoms with Crippen molar-refractivity contribution in [3.8, 4) is 0 Å². The second-order valence-corrected chi connectivity index (χ2v) is 6.21. The molecule has 17 heavy (non-hydrogen) atoms. The van der Waals surface area contributed by atoms with E-state index in [9.17, 15) is 0 Å². The Morgan fingerprint density at radius 1 is 1.41 bits per heavy atom. The summed E-state index contributed by atoms with van der Waals surface area (Å²) >= 11 is 0. The smallest absolute Gasteiger partial charge is 0.0934 e. The van der Waals surface area contributed by atoms with Crippen LogP contribution in [0.25, 0.3) is 0 Å². The maximum Gasteiger partial charge on any atom is 0.0934 e. The summed E-state index contributed by atoms with van der Waals surface area (Å²) in [6.45, 7) is 9.34.